The standard InChI is InChI=1S/C19H28N4O2/c20-17-8-4-5-14(17)13-18(24)21-16-9-11-23(12-10-16)19(25)22-15-6-2-1-3-7-15/h1-3,6-7,14,16-17H,4-5,8-13,20H2,(H,21,24)(H,22,25)/t14-,17+/m0/s1. The Morgan fingerprint density at radius 2 is 1.80 bits per heavy atom. The molecule has 0 unspecified atom stereocenters. The van der Waals surface area contributed by atoms with Crippen molar-refractivity contribution in [2.75, 3.05) is 18.4 Å². The summed E-state index contributed by atoms with van der Waals surface area (Å²) in [5.74, 6) is 0.436. The summed E-state index contributed by atoms with van der Waals surface area (Å²) in [7, 11) is 0. The quantitative estimate of drug-likeness (QED) is 0.783. The van der Waals surface area contributed by atoms with Crippen LogP contribution in [0.4, 0.5) is 10.5 Å². The van der Waals surface area contributed by atoms with Gasteiger partial charge in [-0.2, -0.15) is 0 Å². The molecule has 2 aliphatic rings. The molecule has 6 nitrogen and oxygen atoms in total. The third-order valence-electron chi connectivity index (χ3n) is 5.34. The first-order chi connectivity index (χ1) is 12.1. The molecule has 3 rings (SSSR count). The molecule has 1 aromatic carbocycles. The van der Waals surface area contributed by atoms with Gasteiger partial charge in [0.05, 0.1) is 0 Å². The average Bonchev–Trinajstić information content (AvgIpc) is 3.01. The zero-order valence-corrected chi connectivity index (χ0v) is 14.6. The van der Waals surface area contributed by atoms with Crippen molar-refractivity contribution in [1.29, 1.82) is 0 Å². The van der Waals surface area contributed by atoms with Crippen LogP contribution in [0.1, 0.15) is 38.5 Å². The van der Waals surface area contributed by atoms with Crippen molar-refractivity contribution in [3.8, 4) is 0 Å². The van der Waals surface area contributed by atoms with Crippen LogP contribution in [0, 0.1) is 5.92 Å². The van der Waals surface area contributed by atoms with Crippen molar-refractivity contribution >= 4 is 17.6 Å². The molecule has 1 aromatic rings. The number of carbonyl (C=O) groups excluding carboxylic acids is 2. The van der Waals surface area contributed by atoms with Crippen LogP contribution in [0.2, 0.25) is 0 Å². The van der Waals surface area contributed by atoms with Crippen LogP contribution in [-0.2, 0) is 4.79 Å². The molecular weight excluding hydrogens is 316 g/mol. The topological polar surface area (TPSA) is 87.5 Å². The molecule has 6 heteroatoms. The molecule has 1 aliphatic carbocycles. The van der Waals surface area contributed by atoms with Crippen molar-refractivity contribution in [3.05, 3.63) is 30.3 Å². The van der Waals surface area contributed by atoms with E-state index in [1.807, 2.05) is 35.2 Å². The fraction of sp³-hybridized carbons (Fsp3) is 0.579. The maximum Gasteiger partial charge on any atom is 0.321 e. The Kier molecular flexibility index (Phi) is 5.91. The van der Waals surface area contributed by atoms with Gasteiger partial charge in [0, 0.05) is 37.3 Å². The fourth-order valence-electron chi connectivity index (χ4n) is 3.79. The first-order valence-electron chi connectivity index (χ1n) is 9.28. The van der Waals surface area contributed by atoms with E-state index in [2.05, 4.69) is 10.6 Å². The van der Waals surface area contributed by atoms with E-state index in [-0.39, 0.29) is 24.0 Å². The van der Waals surface area contributed by atoms with Crippen LogP contribution in [0.25, 0.3) is 0 Å². The molecule has 4 N–H and O–H groups in total. The third-order valence-corrected chi connectivity index (χ3v) is 5.34. The monoisotopic (exact) mass is 344 g/mol. The first kappa shape index (κ1) is 17.7. The van der Waals surface area contributed by atoms with E-state index < -0.39 is 0 Å². The van der Waals surface area contributed by atoms with Crippen molar-refractivity contribution in [3.63, 3.8) is 0 Å². The third kappa shape index (κ3) is 4.95. The Bertz CT molecular complexity index is 584. The Balaban J connectivity index is 1.39. The molecule has 3 amide bonds. The summed E-state index contributed by atoms with van der Waals surface area (Å²) in [5, 5.41) is 6.03. The highest BCUT2D eigenvalue weighted by Gasteiger charge is 2.28. The van der Waals surface area contributed by atoms with Crippen LogP contribution in [0.3, 0.4) is 0 Å². The minimum atomic E-state index is -0.0760. The van der Waals surface area contributed by atoms with Crippen molar-refractivity contribution in [2.45, 2.75) is 50.6 Å². The number of benzene rings is 1. The Labute approximate surface area is 149 Å². The van der Waals surface area contributed by atoms with Crippen LogP contribution in [0.15, 0.2) is 30.3 Å². The highest BCUT2D eigenvalue weighted by Crippen LogP contribution is 2.26. The van der Waals surface area contributed by atoms with Gasteiger partial charge < -0.3 is 21.3 Å². The maximum atomic E-state index is 12.3. The number of para-hydroxylation sites is 1. The molecule has 1 heterocycles. The number of nitrogens with zero attached hydrogens (tertiary/aromatic N) is 1. The SMILES string of the molecule is N[C@@H]1CCC[C@H]1CC(=O)NC1CCN(C(=O)Nc2ccccc2)CC1. The number of rotatable bonds is 4. The number of carbonyl (C=O) groups is 2. The smallest absolute Gasteiger partial charge is 0.321 e. The Hall–Kier alpha value is -2.08. The largest absolute Gasteiger partial charge is 0.353 e. The van der Waals surface area contributed by atoms with E-state index in [4.69, 9.17) is 5.73 Å². The Morgan fingerprint density at radius 3 is 2.44 bits per heavy atom. The van der Waals surface area contributed by atoms with Crippen LogP contribution >= 0.6 is 0 Å². The molecule has 0 aromatic heterocycles. The molecular formula is C19H28N4O2. The van der Waals surface area contributed by atoms with Gasteiger partial charge in [0.1, 0.15) is 0 Å². The number of hydrogen-bond acceptors (Lipinski definition) is 3. The second kappa shape index (κ2) is 8.34. The lowest BCUT2D eigenvalue weighted by atomic mass is 9.98. The summed E-state index contributed by atoms with van der Waals surface area (Å²) in [6, 6.07) is 9.72. The molecule has 0 radical (unpaired) electrons. The number of amides is 3. The summed E-state index contributed by atoms with van der Waals surface area (Å²) >= 11 is 0. The fourth-order valence-corrected chi connectivity index (χ4v) is 3.79. The normalized spacial score (nSPS) is 24.1. The number of likely N-dealkylation sites (tertiary alicyclic amines) is 1. The minimum Gasteiger partial charge on any atom is -0.353 e. The van der Waals surface area contributed by atoms with E-state index >= 15 is 0 Å². The summed E-state index contributed by atoms with van der Waals surface area (Å²) in [6.45, 7) is 1.32. The first-order valence-corrected chi connectivity index (χ1v) is 9.28. The average molecular weight is 344 g/mol. The summed E-state index contributed by atoms with van der Waals surface area (Å²) in [4.78, 5) is 26.3. The second-order valence-corrected chi connectivity index (χ2v) is 7.18. The van der Waals surface area contributed by atoms with E-state index in [9.17, 15) is 9.59 Å². The number of piperidine rings is 1. The van der Waals surface area contributed by atoms with Crippen LogP contribution in [0.5, 0.6) is 0 Å². The second-order valence-electron chi connectivity index (χ2n) is 7.18. The van der Waals surface area contributed by atoms with Crippen molar-refractivity contribution in [1.82, 2.24) is 10.2 Å². The van der Waals surface area contributed by atoms with E-state index in [0.29, 0.717) is 25.4 Å². The zero-order chi connectivity index (χ0) is 17.6. The lowest BCUT2D eigenvalue weighted by Gasteiger charge is -2.32. The summed E-state index contributed by atoms with van der Waals surface area (Å²) in [6.07, 6.45) is 5.36. The van der Waals surface area contributed by atoms with Gasteiger partial charge in [0.25, 0.3) is 0 Å². The number of urea groups is 1. The lowest BCUT2D eigenvalue weighted by molar-refractivity contribution is -0.123. The number of nitrogens with two attached hydrogens (primary N) is 1. The van der Waals surface area contributed by atoms with Crippen LogP contribution < -0.4 is 16.4 Å². The van der Waals surface area contributed by atoms with Gasteiger partial charge in [-0.15, -0.1) is 0 Å². The van der Waals surface area contributed by atoms with Crippen molar-refractivity contribution < 1.29 is 9.59 Å². The summed E-state index contributed by atoms with van der Waals surface area (Å²) in [5.41, 5.74) is 6.85. The van der Waals surface area contributed by atoms with Gasteiger partial charge in [0.2, 0.25) is 5.91 Å². The maximum absolute atomic E-state index is 12.3. The summed E-state index contributed by atoms with van der Waals surface area (Å²) < 4.78 is 0. The highest BCUT2D eigenvalue weighted by molar-refractivity contribution is 5.89. The molecule has 0 spiro atoms. The number of hydrogen-bond donors (Lipinski definition) is 3. The van der Waals surface area contributed by atoms with E-state index in [1.54, 1.807) is 0 Å². The van der Waals surface area contributed by atoms with E-state index in [0.717, 1.165) is 37.8 Å². The zero-order valence-electron chi connectivity index (χ0n) is 14.6. The molecule has 1 saturated carbocycles. The predicted octanol–water partition coefficient (Wildman–Crippen LogP) is 2.32. The number of nitrogens with one attached hydrogen (secondary N) is 2. The lowest BCUT2D eigenvalue weighted by Crippen LogP contribution is -2.48. The Morgan fingerprint density at radius 1 is 1.08 bits per heavy atom. The minimum absolute atomic E-state index is 0.0760. The molecule has 1 saturated heterocycles. The predicted molar refractivity (Wildman–Crippen MR) is 98.1 cm³/mol. The molecule has 0 bridgehead atoms. The van der Waals surface area contributed by atoms with Gasteiger partial charge in [-0.3, -0.25) is 4.79 Å². The number of anilines is 1. The molecule has 25 heavy (non-hydrogen) atoms. The van der Waals surface area contributed by atoms with Gasteiger partial charge >= 0.3 is 6.03 Å². The van der Waals surface area contributed by atoms with Crippen molar-refractivity contribution in [2.24, 2.45) is 11.7 Å². The van der Waals surface area contributed by atoms with Gasteiger partial charge in [0.15, 0.2) is 0 Å². The molecule has 136 valence electrons. The van der Waals surface area contributed by atoms with E-state index in [1.165, 1.54) is 0 Å². The van der Waals surface area contributed by atoms with Gasteiger partial charge in [-0.1, -0.05) is 24.6 Å². The van der Waals surface area contributed by atoms with Crippen LogP contribution in [-0.4, -0.2) is 42.0 Å². The molecule has 1 aliphatic heterocycles. The van der Waals surface area contributed by atoms with Gasteiger partial charge in [-0.25, -0.2) is 4.79 Å². The molecule has 2 fully saturated rings. The van der Waals surface area contributed by atoms with Gasteiger partial charge in [-0.05, 0) is 43.7 Å². The molecule has 2 atom stereocenters. The highest BCUT2D eigenvalue weighted by atomic mass is 16.2.